The van der Waals surface area contributed by atoms with E-state index in [1.165, 1.54) is 0 Å². The number of nitrogens with zero attached hydrogens (tertiary/aromatic N) is 4. The molecule has 0 bridgehead atoms. The zero-order valence-electron chi connectivity index (χ0n) is 16.4. The highest BCUT2D eigenvalue weighted by molar-refractivity contribution is 5.87. The van der Waals surface area contributed by atoms with Crippen LogP contribution in [-0.4, -0.2) is 68.7 Å². The summed E-state index contributed by atoms with van der Waals surface area (Å²) in [6, 6.07) is 17.8. The van der Waals surface area contributed by atoms with E-state index in [9.17, 15) is 9.90 Å². The number of rotatable bonds is 4. The lowest BCUT2D eigenvalue weighted by Crippen LogP contribution is -2.40. The summed E-state index contributed by atoms with van der Waals surface area (Å²) in [5.74, 6) is 0.113. The summed E-state index contributed by atoms with van der Waals surface area (Å²) >= 11 is 0. The molecule has 2 aromatic carbocycles. The molecule has 0 radical (unpaired) electrons. The van der Waals surface area contributed by atoms with Gasteiger partial charge in [0.15, 0.2) is 0 Å². The fourth-order valence-electron chi connectivity index (χ4n) is 4.75. The molecule has 6 heteroatoms. The molecule has 0 aliphatic carbocycles. The number of imidazole rings is 1. The van der Waals surface area contributed by atoms with Gasteiger partial charge >= 0.3 is 0 Å². The largest absolute Gasteiger partial charge is 0.392 e. The van der Waals surface area contributed by atoms with E-state index in [-0.39, 0.29) is 12.0 Å². The summed E-state index contributed by atoms with van der Waals surface area (Å²) in [5.41, 5.74) is 2.83. The molecule has 3 heterocycles. The van der Waals surface area contributed by atoms with Crippen LogP contribution in [0.3, 0.4) is 0 Å². The predicted molar refractivity (Wildman–Crippen MR) is 111 cm³/mol. The minimum atomic E-state index is -0.425. The van der Waals surface area contributed by atoms with E-state index in [0.717, 1.165) is 55.6 Å². The van der Waals surface area contributed by atoms with Gasteiger partial charge in [0, 0.05) is 32.2 Å². The van der Waals surface area contributed by atoms with Gasteiger partial charge in [-0.2, -0.15) is 0 Å². The van der Waals surface area contributed by atoms with Crippen LogP contribution in [0.25, 0.3) is 11.0 Å². The van der Waals surface area contributed by atoms with Gasteiger partial charge in [-0.1, -0.05) is 42.5 Å². The van der Waals surface area contributed by atoms with Crippen molar-refractivity contribution in [1.29, 1.82) is 0 Å². The summed E-state index contributed by atoms with van der Waals surface area (Å²) < 4.78 is 2.00. The lowest BCUT2D eigenvalue weighted by atomic mass is 10.0. The summed E-state index contributed by atoms with van der Waals surface area (Å²) in [5, 5.41) is 9.87. The van der Waals surface area contributed by atoms with Gasteiger partial charge in [-0.25, -0.2) is 4.98 Å². The molecular formula is C23H26N4O2. The number of β-amino-alcohol motifs (C(OH)–C–C–N with tert-alkyl or cyclic N) is 1. The number of carbonyl (C=O) groups is 1. The Hall–Kier alpha value is -2.70. The normalized spacial score (nSPS) is 23.7. The third-order valence-corrected chi connectivity index (χ3v) is 6.29. The standard InChI is InChI=1S/C23H26N4O2/c28-19-11-13-25(15-19)18-10-12-26(14-18)23(29)22(17-6-2-1-3-7-17)27-16-24-20-8-4-5-9-21(20)27/h1-9,16,18-19,22,28H,10-15H2. The molecule has 6 nitrogen and oxygen atoms in total. The zero-order chi connectivity index (χ0) is 19.8. The van der Waals surface area contributed by atoms with Crippen molar-refractivity contribution in [3.05, 3.63) is 66.5 Å². The number of amides is 1. The molecule has 1 aromatic heterocycles. The van der Waals surface area contributed by atoms with E-state index in [1.807, 2.05) is 64.1 Å². The van der Waals surface area contributed by atoms with Gasteiger partial charge < -0.3 is 14.6 Å². The molecule has 0 spiro atoms. The van der Waals surface area contributed by atoms with Gasteiger partial charge in [0.05, 0.1) is 23.5 Å². The Morgan fingerprint density at radius 1 is 1.00 bits per heavy atom. The van der Waals surface area contributed by atoms with Gasteiger partial charge in [0.1, 0.15) is 6.04 Å². The van der Waals surface area contributed by atoms with E-state index in [0.29, 0.717) is 6.04 Å². The first kappa shape index (κ1) is 18.3. The Bertz CT molecular complexity index is 1000. The van der Waals surface area contributed by atoms with Crippen molar-refractivity contribution >= 4 is 16.9 Å². The van der Waals surface area contributed by atoms with Crippen molar-refractivity contribution in [2.24, 2.45) is 0 Å². The van der Waals surface area contributed by atoms with Gasteiger partial charge in [0.2, 0.25) is 5.91 Å². The Labute approximate surface area is 170 Å². The van der Waals surface area contributed by atoms with Crippen molar-refractivity contribution in [2.45, 2.75) is 31.0 Å². The Balaban J connectivity index is 1.45. The van der Waals surface area contributed by atoms with E-state index >= 15 is 0 Å². The average molecular weight is 390 g/mol. The molecule has 5 rings (SSSR count). The minimum Gasteiger partial charge on any atom is -0.392 e. The van der Waals surface area contributed by atoms with Crippen molar-refractivity contribution < 1.29 is 9.90 Å². The maximum Gasteiger partial charge on any atom is 0.250 e. The van der Waals surface area contributed by atoms with E-state index in [4.69, 9.17) is 0 Å². The lowest BCUT2D eigenvalue weighted by Gasteiger charge is -2.27. The zero-order valence-corrected chi connectivity index (χ0v) is 16.4. The van der Waals surface area contributed by atoms with Gasteiger partial charge in [0.25, 0.3) is 0 Å². The summed E-state index contributed by atoms with van der Waals surface area (Å²) in [6.07, 6.45) is 3.35. The molecular weight excluding hydrogens is 364 g/mol. The molecule has 2 aliphatic heterocycles. The second kappa shape index (κ2) is 7.61. The number of likely N-dealkylation sites (tertiary alicyclic amines) is 2. The number of aliphatic hydroxyl groups excluding tert-OH is 1. The highest BCUT2D eigenvalue weighted by Gasteiger charge is 2.37. The highest BCUT2D eigenvalue weighted by atomic mass is 16.3. The SMILES string of the molecule is O=C(C(c1ccccc1)n1cnc2ccccc21)N1CCC(N2CCC(O)C2)C1. The first-order chi connectivity index (χ1) is 14.2. The van der Waals surface area contributed by atoms with Crippen LogP contribution in [0.5, 0.6) is 0 Å². The molecule has 0 saturated carbocycles. The minimum absolute atomic E-state index is 0.113. The average Bonchev–Trinajstić information content (AvgIpc) is 3.49. The maximum absolute atomic E-state index is 13.7. The molecule has 150 valence electrons. The van der Waals surface area contributed by atoms with Crippen LogP contribution in [0.15, 0.2) is 60.9 Å². The van der Waals surface area contributed by atoms with E-state index < -0.39 is 6.04 Å². The van der Waals surface area contributed by atoms with E-state index in [2.05, 4.69) is 9.88 Å². The first-order valence-electron chi connectivity index (χ1n) is 10.4. The van der Waals surface area contributed by atoms with Crippen LogP contribution >= 0.6 is 0 Å². The quantitative estimate of drug-likeness (QED) is 0.743. The van der Waals surface area contributed by atoms with Crippen LogP contribution in [-0.2, 0) is 4.79 Å². The van der Waals surface area contributed by atoms with Crippen LogP contribution in [0.4, 0.5) is 0 Å². The van der Waals surface area contributed by atoms with Crippen molar-refractivity contribution in [3.8, 4) is 0 Å². The predicted octanol–water partition coefficient (Wildman–Crippen LogP) is 2.29. The van der Waals surface area contributed by atoms with Gasteiger partial charge in [-0.3, -0.25) is 9.69 Å². The maximum atomic E-state index is 13.7. The Morgan fingerprint density at radius 3 is 2.59 bits per heavy atom. The number of benzene rings is 2. The number of aliphatic hydroxyl groups is 1. The fraction of sp³-hybridized carbons (Fsp3) is 0.391. The number of hydrogen-bond donors (Lipinski definition) is 1. The summed E-state index contributed by atoms with van der Waals surface area (Å²) in [7, 11) is 0. The van der Waals surface area contributed by atoms with Crippen molar-refractivity contribution in [3.63, 3.8) is 0 Å². The molecule has 2 saturated heterocycles. The molecule has 1 amide bonds. The molecule has 29 heavy (non-hydrogen) atoms. The number of para-hydroxylation sites is 2. The summed E-state index contributed by atoms with van der Waals surface area (Å²) in [4.78, 5) is 22.6. The first-order valence-corrected chi connectivity index (χ1v) is 10.4. The second-order valence-electron chi connectivity index (χ2n) is 8.12. The Kier molecular flexibility index (Phi) is 4.81. The summed E-state index contributed by atoms with van der Waals surface area (Å²) in [6.45, 7) is 3.12. The topological polar surface area (TPSA) is 61.6 Å². The third-order valence-electron chi connectivity index (χ3n) is 6.29. The monoisotopic (exact) mass is 390 g/mol. The Morgan fingerprint density at radius 2 is 1.79 bits per heavy atom. The number of aromatic nitrogens is 2. The van der Waals surface area contributed by atoms with Crippen LogP contribution in [0, 0.1) is 0 Å². The molecule has 2 fully saturated rings. The number of hydrogen-bond acceptors (Lipinski definition) is 4. The third kappa shape index (κ3) is 3.43. The molecule has 2 aliphatic rings. The van der Waals surface area contributed by atoms with Gasteiger partial charge in [-0.15, -0.1) is 0 Å². The number of fused-ring (bicyclic) bond motifs is 1. The van der Waals surface area contributed by atoms with Crippen LogP contribution < -0.4 is 0 Å². The van der Waals surface area contributed by atoms with Gasteiger partial charge in [-0.05, 0) is 30.5 Å². The van der Waals surface area contributed by atoms with Crippen LogP contribution in [0.2, 0.25) is 0 Å². The van der Waals surface area contributed by atoms with Crippen molar-refractivity contribution in [1.82, 2.24) is 19.4 Å². The molecule has 1 N–H and O–H groups in total. The fourth-order valence-corrected chi connectivity index (χ4v) is 4.75. The molecule has 3 atom stereocenters. The second-order valence-corrected chi connectivity index (χ2v) is 8.12. The van der Waals surface area contributed by atoms with Crippen molar-refractivity contribution in [2.75, 3.05) is 26.2 Å². The number of carbonyl (C=O) groups excluding carboxylic acids is 1. The highest BCUT2D eigenvalue weighted by Crippen LogP contribution is 2.28. The van der Waals surface area contributed by atoms with Crippen LogP contribution in [0.1, 0.15) is 24.4 Å². The molecule has 3 unspecified atom stereocenters. The molecule has 3 aromatic rings. The smallest absolute Gasteiger partial charge is 0.250 e. The lowest BCUT2D eigenvalue weighted by molar-refractivity contribution is -0.132. The van der Waals surface area contributed by atoms with E-state index in [1.54, 1.807) is 6.33 Å².